The Morgan fingerprint density at radius 2 is 0.915 bits per heavy atom. The molecule has 0 radical (unpaired) electrons. The van der Waals surface area contributed by atoms with Gasteiger partial charge in [0, 0.05) is 22.7 Å². The molecule has 0 aliphatic carbocycles. The Kier molecular flexibility index (Phi) is 9.82. The van der Waals surface area contributed by atoms with Crippen LogP contribution in [0.2, 0.25) is 0 Å². The molecule has 0 fully saturated rings. The van der Waals surface area contributed by atoms with Crippen LogP contribution >= 0.6 is 15.8 Å². The lowest BCUT2D eigenvalue weighted by Gasteiger charge is -2.21. The van der Waals surface area contributed by atoms with Crippen LogP contribution in [0.15, 0.2) is 199 Å². The average molecular weight is 641 g/mol. The molecule has 1 aromatic heterocycles. The van der Waals surface area contributed by atoms with E-state index in [0.717, 1.165) is 34.5 Å². The number of benzene rings is 6. The topological polar surface area (TPSA) is 25.2 Å². The lowest BCUT2D eigenvalue weighted by atomic mass is 10.1. The number of hydrogen-bond acceptors (Lipinski definition) is 2. The van der Waals surface area contributed by atoms with E-state index in [9.17, 15) is 0 Å². The van der Waals surface area contributed by atoms with Crippen molar-refractivity contribution in [3.8, 4) is 0 Å². The van der Waals surface area contributed by atoms with Crippen molar-refractivity contribution in [2.45, 2.75) is 6.16 Å². The molecule has 0 unspecified atom stereocenters. The maximum Gasteiger partial charge on any atom is 0.0966 e. The van der Waals surface area contributed by atoms with Crippen molar-refractivity contribution in [1.82, 2.24) is 4.98 Å². The van der Waals surface area contributed by atoms with Gasteiger partial charge in [-0.05, 0) is 55.3 Å². The number of para-hydroxylation sites is 1. The SMILES string of the molecule is c1ccc(/C(=N\c2ccccc2P(c2ccccc2)c2ccccc2)c2cccc(CP(c3ccccc3)c3ccccc3)n2)cc1. The van der Waals surface area contributed by atoms with Gasteiger partial charge in [-0.3, -0.25) is 4.98 Å². The third-order valence-electron chi connectivity index (χ3n) is 7.94. The summed E-state index contributed by atoms with van der Waals surface area (Å²) in [4.78, 5) is 10.8. The Morgan fingerprint density at radius 1 is 0.447 bits per heavy atom. The van der Waals surface area contributed by atoms with Crippen molar-refractivity contribution in [3.63, 3.8) is 0 Å². The van der Waals surface area contributed by atoms with Crippen LogP contribution in [0.3, 0.4) is 0 Å². The first-order valence-corrected chi connectivity index (χ1v) is 18.7. The van der Waals surface area contributed by atoms with Crippen LogP contribution in [0.25, 0.3) is 0 Å². The Labute approximate surface area is 280 Å². The molecular formula is C43H34N2P2. The number of aliphatic imine (C=N–C) groups is 1. The van der Waals surface area contributed by atoms with Gasteiger partial charge in [-0.1, -0.05) is 176 Å². The largest absolute Gasteiger partial charge is 0.251 e. The van der Waals surface area contributed by atoms with Gasteiger partial charge in [-0.25, -0.2) is 4.99 Å². The maximum absolute atomic E-state index is 5.48. The zero-order valence-corrected chi connectivity index (χ0v) is 27.8. The zero-order valence-electron chi connectivity index (χ0n) is 26.0. The summed E-state index contributed by atoms with van der Waals surface area (Å²) in [6.45, 7) is 0. The van der Waals surface area contributed by atoms with Crippen LogP contribution < -0.4 is 26.5 Å². The molecule has 0 spiro atoms. The number of aromatic nitrogens is 1. The van der Waals surface area contributed by atoms with E-state index in [1.165, 1.54) is 26.5 Å². The third kappa shape index (κ3) is 7.37. The lowest BCUT2D eigenvalue weighted by Crippen LogP contribution is -2.21. The summed E-state index contributed by atoms with van der Waals surface area (Å²) in [5, 5.41) is 6.52. The van der Waals surface area contributed by atoms with E-state index in [-0.39, 0.29) is 0 Å². The van der Waals surface area contributed by atoms with Gasteiger partial charge in [0.1, 0.15) is 0 Å². The average Bonchev–Trinajstić information content (AvgIpc) is 3.15. The highest BCUT2D eigenvalue weighted by Crippen LogP contribution is 2.38. The predicted octanol–water partition coefficient (Wildman–Crippen LogP) is 8.64. The molecule has 0 saturated carbocycles. The second kappa shape index (κ2) is 15.1. The summed E-state index contributed by atoms with van der Waals surface area (Å²) in [5.74, 6) is 0. The molecule has 0 N–H and O–H groups in total. The van der Waals surface area contributed by atoms with E-state index < -0.39 is 15.8 Å². The molecule has 4 heteroatoms. The van der Waals surface area contributed by atoms with Gasteiger partial charge in [0.2, 0.25) is 0 Å². The van der Waals surface area contributed by atoms with Crippen LogP contribution in [0, 0.1) is 0 Å². The first kappa shape index (κ1) is 30.6. The minimum absolute atomic E-state index is 0.626. The highest BCUT2D eigenvalue weighted by Gasteiger charge is 2.21. The van der Waals surface area contributed by atoms with Gasteiger partial charge >= 0.3 is 0 Å². The van der Waals surface area contributed by atoms with Gasteiger partial charge in [0.15, 0.2) is 0 Å². The van der Waals surface area contributed by atoms with E-state index in [2.05, 4.69) is 194 Å². The van der Waals surface area contributed by atoms with Crippen LogP contribution in [0.1, 0.15) is 17.0 Å². The van der Waals surface area contributed by atoms with Crippen molar-refractivity contribution < 1.29 is 0 Å². The number of rotatable bonds is 10. The van der Waals surface area contributed by atoms with Gasteiger partial charge in [-0.15, -0.1) is 0 Å². The van der Waals surface area contributed by atoms with E-state index in [0.29, 0.717) is 0 Å². The van der Waals surface area contributed by atoms with Crippen molar-refractivity contribution in [1.29, 1.82) is 0 Å². The molecule has 7 aromatic rings. The molecule has 1 heterocycles. The summed E-state index contributed by atoms with van der Waals surface area (Å²) < 4.78 is 0. The van der Waals surface area contributed by atoms with Gasteiger partial charge in [0.25, 0.3) is 0 Å². The summed E-state index contributed by atoms with van der Waals surface area (Å²) in [5.41, 5.74) is 4.83. The minimum atomic E-state index is -0.830. The van der Waals surface area contributed by atoms with E-state index in [1.54, 1.807) is 0 Å². The van der Waals surface area contributed by atoms with Gasteiger partial charge < -0.3 is 0 Å². The maximum atomic E-state index is 5.48. The Hall–Kier alpha value is -5.00. The first-order valence-electron chi connectivity index (χ1n) is 15.8. The third-order valence-corrected chi connectivity index (χ3v) is 12.9. The van der Waals surface area contributed by atoms with Gasteiger partial charge in [-0.2, -0.15) is 0 Å². The zero-order chi connectivity index (χ0) is 31.7. The molecule has 7 rings (SSSR count). The minimum Gasteiger partial charge on any atom is -0.251 e. The van der Waals surface area contributed by atoms with Crippen LogP contribution in [-0.2, 0) is 6.16 Å². The molecular weight excluding hydrogens is 606 g/mol. The molecule has 0 aliphatic heterocycles. The molecule has 0 atom stereocenters. The Morgan fingerprint density at radius 3 is 1.47 bits per heavy atom. The Bertz CT molecular complexity index is 1970. The molecule has 0 bridgehead atoms. The summed E-state index contributed by atoms with van der Waals surface area (Å²) in [6, 6.07) is 68.8. The predicted molar refractivity (Wildman–Crippen MR) is 204 cm³/mol. The summed E-state index contributed by atoms with van der Waals surface area (Å²) in [6.07, 6.45) is 0.850. The van der Waals surface area contributed by atoms with E-state index in [4.69, 9.17) is 9.98 Å². The standard InChI is InChI=1S/C43H34N2P2/c1-6-19-34(20-7-1)43(41-31-18-21-35(44-41)33-46(36-22-8-2-9-23-36)37-24-10-3-11-25-37)45-40-30-16-17-32-42(40)47(38-26-12-4-13-27-38)39-28-14-5-15-29-39/h1-32H,33H2/b45-43+. The number of nitrogens with zero attached hydrogens (tertiary/aromatic N) is 2. The molecule has 0 amide bonds. The quantitative estimate of drug-likeness (QED) is 0.109. The number of pyridine rings is 1. The van der Waals surface area contributed by atoms with Gasteiger partial charge in [0.05, 0.1) is 17.1 Å². The Balaban J connectivity index is 1.34. The van der Waals surface area contributed by atoms with Crippen molar-refractivity contribution in [3.05, 3.63) is 211 Å². The monoisotopic (exact) mass is 640 g/mol. The molecule has 2 nitrogen and oxygen atoms in total. The smallest absolute Gasteiger partial charge is 0.0966 e. The second-order valence-electron chi connectivity index (χ2n) is 11.1. The molecule has 47 heavy (non-hydrogen) atoms. The molecule has 6 aromatic carbocycles. The van der Waals surface area contributed by atoms with E-state index in [1.807, 2.05) is 0 Å². The van der Waals surface area contributed by atoms with Crippen LogP contribution in [0.5, 0.6) is 0 Å². The van der Waals surface area contributed by atoms with Crippen LogP contribution in [0.4, 0.5) is 5.69 Å². The number of hydrogen-bond donors (Lipinski definition) is 0. The molecule has 0 aliphatic rings. The fraction of sp³-hybridized carbons (Fsp3) is 0.0233. The summed E-state index contributed by atoms with van der Waals surface area (Å²) in [7, 11) is -1.46. The first-order chi connectivity index (χ1) is 23.3. The lowest BCUT2D eigenvalue weighted by molar-refractivity contribution is 1.15. The summed E-state index contributed by atoms with van der Waals surface area (Å²) >= 11 is 0. The normalized spacial score (nSPS) is 11.6. The van der Waals surface area contributed by atoms with Crippen molar-refractivity contribution >= 4 is 53.8 Å². The van der Waals surface area contributed by atoms with Crippen molar-refractivity contribution in [2.75, 3.05) is 0 Å². The van der Waals surface area contributed by atoms with E-state index >= 15 is 0 Å². The second-order valence-corrected chi connectivity index (χ2v) is 15.5. The van der Waals surface area contributed by atoms with Crippen LogP contribution in [-0.4, -0.2) is 10.7 Å². The fourth-order valence-electron chi connectivity index (χ4n) is 5.72. The highest BCUT2D eigenvalue weighted by atomic mass is 31.1. The highest BCUT2D eigenvalue weighted by molar-refractivity contribution is 7.80. The van der Waals surface area contributed by atoms with Crippen molar-refractivity contribution in [2.24, 2.45) is 4.99 Å². The molecule has 226 valence electrons. The molecule has 0 saturated heterocycles. The fourth-order valence-corrected chi connectivity index (χ4v) is 10.3.